The summed E-state index contributed by atoms with van der Waals surface area (Å²) in [6.07, 6.45) is 2.53. The Labute approximate surface area is 214 Å². The van der Waals surface area contributed by atoms with Crippen LogP contribution in [-0.4, -0.2) is 32.3 Å². The second-order valence-corrected chi connectivity index (χ2v) is 16.6. The minimum atomic E-state index is -2.16. The molecule has 7 heteroatoms. The molecule has 1 unspecified atom stereocenters. The standard InChI is InChI=1S/C29H38N2O4Si/c1-18-25(26(32)31-29(5,27(30)33)17-34-36(6,7)28(2,3)4)23-16-22(14-15-24(23)35-18)21-12-10-20(11-13-21)19-8-9-19/h10-16,19H,8-9,17H2,1-7H3,(H2,30,33)(H,31,32). The van der Waals surface area contributed by atoms with Crippen molar-refractivity contribution in [2.75, 3.05) is 6.61 Å². The van der Waals surface area contributed by atoms with Crippen molar-refractivity contribution in [2.24, 2.45) is 5.73 Å². The third kappa shape index (κ3) is 5.13. The summed E-state index contributed by atoms with van der Waals surface area (Å²) >= 11 is 0. The summed E-state index contributed by atoms with van der Waals surface area (Å²) in [6.45, 7) is 14.0. The molecule has 1 saturated carbocycles. The second-order valence-electron chi connectivity index (χ2n) is 11.8. The van der Waals surface area contributed by atoms with Crippen molar-refractivity contribution < 1.29 is 18.4 Å². The molecule has 1 heterocycles. The minimum Gasteiger partial charge on any atom is -0.461 e. The van der Waals surface area contributed by atoms with Gasteiger partial charge in [0.05, 0.1) is 12.2 Å². The van der Waals surface area contributed by atoms with E-state index in [1.807, 2.05) is 18.2 Å². The summed E-state index contributed by atoms with van der Waals surface area (Å²) in [6, 6.07) is 14.5. The maximum Gasteiger partial charge on any atom is 0.256 e. The van der Waals surface area contributed by atoms with Crippen molar-refractivity contribution in [3.05, 3.63) is 59.4 Å². The molecule has 1 aliphatic rings. The maximum absolute atomic E-state index is 13.5. The summed E-state index contributed by atoms with van der Waals surface area (Å²) in [5.74, 6) is 0.137. The van der Waals surface area contributed by atoms with Gasteiger partial charge in [-0.15, -0.1) is 0 Å². The molecule has 2 aromatic carbocycles. The first kappa shape index (κ1) is 26.2. The molecule has 0 aliphatic heterocycles. The normalized spacial score (nSPS) is 16.1. The highest BCUT2D eigenvalue weighted by Crippen LogP contribution is 2.41. The average Bonchev–Trinajstić information content (AvgIpc) is 3.58. The first-order valence-corrected chi connectivity index (χ1v) is 15.5. The lowest BCUT2D eigenvalue weighted by molar-refractivity contribution is -0.124. The van der Waals surface area contributed by atoms with E-state index in [0.29, 0.717) is 28.2 Å². The van der Waals surface area contributed by atoms with Crippen molar-refractivity contribution in [2.45, 2.75) is 77.0 Å². The van der Waals surface area contributed by atoms with Crippen molar-refractivity contribution in [3.8, 4) is 11.1 Å². The van der Waals surface area contributed by atoms with Crippen LogP contribution in [0.5, 0.6) is 0 Å². The molecular formula is C29H38N2O4Si. The van der Waals surface area contributed by atoms with Gasteiger partial charge >= 0.3 is 0 Å². The lowest BCUT2D eigenvalue weighted by Gasteiger charge is -2.39. The van der Waals surface area contributed by atoms with E-state index in [4.69, 9.17) is 14.6 Å². The molecule has 1 aliphatic carbocycles. The van der Waals surface area contributed by atoms with Crippen LogP contribution in [-0.2, 0) is 9.22 Å². The molecule has 1 aromatic heterocycles. The summed E-state index contributed by atoms with van der Waals surface area (Å²) in [5.41, 5.74) is 8.88. The molecular weight excluding hydrogens is 468 g/mol. The highest BCUT2D eigenvalue weighted by molar-refractivity contribution is 6.74. The zero-order chi connectivity index (χ0) is 26.5. The predicted octanol–water partition coefficient (Wildman–Crippen LogP) is 6.28. The fraction of sp³-hybridized carbons (Fsp3) is 0.448. The first-order chi connectivity index (χ1) is 16.7. The summed E-state index contributed by atoms with van der Waals surface area (Å²) < 4.78 is 12.2. The molecule has 1 fully saturated rings. The molecule has 2 amide bonds. The number of benzene rings is 2. The number of furan rings is 1. The lowest BCUT2D eigenvalue weighted by Crippen LogP contribution is -2.60. The van der Waals surface area contributed by atoms with E-state index in [0.717, 1.165) is 11.1 Å². The van der Waals surface area contributed by atoms with Gasteiger partial charge in [-0.05, 0) is 79.6 Å². The molecule has 1 atom stereocenters. The number of rotatable bonds is 8. The highest BCUT2D eigenvalue weighted by atomic mass is 28.4. The van der Waals surface area contributed by atoms with E-state index < -0.39 is 25.7 Å². The molecule has 192 valence electrons. The molecule has 3 aromatic rings. The average molecular weight is 507 g/mol. The molecule has 3 N–H and O–H groups in total. The van der Waals surface area contributed by atoms with E-state index in [1.54, 1.807) is 13.8 Å². The molecule has 0 bridgehead atoms. The Hall–Kier alpha value is -2.90. The first-order valence-electron chi connectivity index (χ1n) is 12.6. The zero-order valence-electron chi connectivity index (χ0n) is 22.5. The lowest BCUT2D eigenvalue weighted by atomic mass is 9.98. The molecule has 0 saturated heterocycles. The van der Waals surface area contributed by atoms with Crippen LogP contribution < -0.4 is 11.1 Å². The Balaban J connectivity index is 1.62. The Morgan fingerprint density at radius 2 is 1.67 bits per heavy atom. The zero-order valence-corrected chi connectivity index (χ0v) is 23.5. The van der Waals surface area contributed by atoms with Crippen LogP contribution >= 0.6 is 0 Å². The van der Waals surface area contributed by atoms with Crippen LogP contribution in [0.1, 0.15) is 68.1 Å². The number of nitrogens with one attached hydrogen (secondary N) is 1. The fourth-order valence-corrected chi connectivity index (χ4v) is 5.15. The number of carbonyl (C=O) groups excluding carboxylic acids is 2. The number of fused-ring (bicyclic) bond motifs is 1. The Kier molecular flexibility index (Phi) is 6.68. The summed E-state index contributed by atoms with van der Waals surface area (Å²) in [4.78, 5) is 26.0. The van der Waals surface area contributed by atoms with E-state index in [-0.39, 0.29) is 11.6 Å². The van der Waals surface area contributed by atoms with Crippen LogP contribution in [0.3, 0.4) is 0 Å². The van der Waals surface area contributed by atoms with Gasteiger partial charge in [-0.2, -0.15) is 0 Å². The Bertz CT molecular complexity index is 1300. The van der Waals surface area contributed by atoms with Crippen LogP contribution in [0.4, 0.5) is 0 Å². The van der Waals surface area contributed by atoms with Gasteiger partial charge in [0, 0.05) is 5.39 Å². The van der Waals surface area contributed by atoms with Crippen molar-refractivity contribution in [1.82, 2.24) is 5.32 Å². The molecule has 4 rings (SSSR count). The van der Waals surface area contributed by atoms with Gasteiger partial charge in [0.15, 0.2) is 8.32 Å². The topological polar surface area (TPSA) is 94.6 Å². The second kappa shape index (κ2) is 9.20. The van der Waals surface area contributed by atoms with Gasteiger partial charge in [0.25, 0.3) is 5.91 Å². The number of aryl methyl sites for hydroxylation is 1. The summed E-state index contributed by atoms with van der Waals surface area (Å²) in [7, 11) is -2.16. The summed E-state index contributed by atoms with van der Waals surface area (Å²) in [5, 5.41) is 3.52. The smallest absolute Gasteiger partial charge is 0.256 e. The van der Waals surface area contributed by atoms with Crippen LogP contribution in [0.25, 0.3) is 22.1 Å². The van der Waals surface area contributed by atoms with Crippen molar-refractivity contribution in [1.29, 1.82) is 0 Å². The van der Waals surface area contributed by atoms with Crippen LogP contribution in [0.2, 0.25) is 18.1 Å². The van der Waals surface area contributed by atoms with Crippen LogP contribution in [0.15, 0.2) is 46.9 Å². The number of hydrogen-bond donors (Lipinski definition) is 2. The SMILES string of the molecule is Cc1oc2ccc(-c3ccc(C4CC4)cc3)cc2c1C(=O)NC(C)(CO[Si](C)(C)C(C)(C)C)C(N)=O. The Morgan fingerprint density at radius 1 is 1.06 bits per heavy atom. The molecule has 36 heavy (non-hydrogen) atoms. The number of primary amides is 1. The number of amides is 2. The quantitative estimate of drug-likeness (QED) is 0.352. The third-order valence-electron chi connectivity index (χ3n) is 7.84. The number of nitrogens with two attached hydrogens (primary N) is 1. The number of carbonyl (C=O) groups is 2. The van der Waals surface area contributed by atoms with E-state index >= 15 is 0 Å². The van der Waals surface area contributed by atoms with Gasteiger partial charge in [0.1, 0.15) is 16.9 Å². The van der Waals surface area contributed by atoms with Crippen molar-refractivity contribution in [3.63, 3.8) is 0 Å². The van der Waals surface area contributed by atoms with Gasteiger partial charge < -0.3 is 19.9 Å². The van der Waals surface area contributed by atoms with E-state index in [1.165, 1.54) is 18.4 Å². The van der Waals surface area contributed by atoms with Gasteiger partial charge in [-0.3, -0.25) is 9.59 Å². The highest BCUT2D eigenvalue weighted by Gasteiger charge is 2.42. The van der Waals surface area contributed by atoms with Crippen LogP contribution in [0, 0.1) is 6.92 Å². The molecule has 6 nitrogen and oxygen atoms in total. The fourth-order valence-electron chi connectivity index (χ4n) is 4.07. The number of hydrogen-bond acceptors (Lipinski definition) is 4. The maximum atomic E-state index is 13.5. The van der Waals surface area contributed by atoms with Gasteiger partial charge in [0.2, 0.25) is 5.91 Å². The molecule has 0 radical (unpaired) electrons. The largest absolute Gasteiger partial charge is 0.461 e. The predicted molar refractivity (Wildman–Crippen MR) is 147 cm³/mol. The Morgan fingerprint density at radius 3 is 2.22 bits per heavy atom. The third-order valence-corrected chi connectivity index (χ3v) is 12.3. The van der Waals surface area contributed by atoms with Crippen molar-refractivity contribution >= 4 is 31.1 Å². The van der Waals surface area contributed by atoms with Gasteiger partial charge in [-0.25, -0.2) is 0 Å². The van der Waals surface area contributed by atoms with E-state index in [2.05, 4.69) is 63.4 Å². The molecule has 0 spiro atoms. The monoisotopic (exact) mass is 506 g/mol. The minimum absolute atomic E-state index is 0.0119. The van der Waals surface area contributed by atoms with Gasteiger partial charge in [-0.1, -0.05) is 51.1 Å². The van der Waals surface area contributed by atoms with E-state index in [9.17, 15) is 9.59 Å².